The number of carbonyl (C=O) groups excluding carboxylic acids is 2. The van der Waals surface area contributed by atoms with Crippen molar-refractivity contribution in [3.63, 3.8) is 0 Å². The van der Waals surface area contributed by atoms with Crippen LogP contribution in [0.1, 0.15) is 19.3 Å². The molecule has 1 aromatic heterocycles. The standard InChI is InChI=1S/C11H14F3N5O2/c12-11(13,14)3-4-15-9(20)6-19-5-8(17-18-19)16-10(21)7-1-2-7/h5,7H,1-4,6H2,(H,15,20)(H,16,21). The summed E-state index contributed by atoms with van der Waals surface area (Å²) in [6, 6.07) is 0. The molecule has 0 radical (unpaired) electrons. The van der Waals surface area contributed by atoms with Gasteiger partial charge in [0.05, 0.1) is 12.6 Å². The quantitative estimate of drug-likeness (QED) is 0.809. The summed E-state index contributed by atoms with van der Waals surface area (Å²) in [6.07, 6.45) is -2.34. The summed E-state index contributed by atoms with van der Waals surface area (Å²) in [5, 5.41) is 12.0. The number of nitrogens with one attached hydrogen (secondary N) is 2. The average Bonchev–Trinajstić information content (AvgIpc) is 3.11. The second-order valence-electron chi connectivity index (χ2n) is 4.78. The number of alkyl halides is 3. The molecule has 2 N–H and O–H groups in total. The van der Waals surface area contributed by atoms with Crippen molar-refractivity contribution in [3.05, 3.63) is 6.20 Å². The van der Waals surface area contributed by atoms with E-state index in [0.717, 1.165) is 17.5 Å². The minimum absolute atomic E-state index is 0.0146. The fourth-order valence-electron chi connectivity index (χ4n) is 1.55. The van der Waals surface area contributed by atoms with Gasteiger partial charge in [-0.3, -0.25) is 9.59 Å². The first kappa shape index (κ1) is 15.3. The van der Waals surface area contributed by atoms with Crippen LogP contribution in [0.25, 0.3) is 0 Å². The summed E-state index contributed by atoms with van der Waals surface area (Å²) in [5.74, 6) is -0.517. The molecule has 1 fully saturated rings. The fraction of sp³-hybridized carbons (Fsp3) is 0.636. The van der Waals surface area contributed by atoms with Gasteiger partial charge >= 0.3 is 6.18 Å². The molecular weight excluding hydrogens is 291 g/mol. The van der Waals surface area contributed by atoms with Crippen molar-refractivity contribution in [1.29, 1.82) is 0 Å². The normalized spacial score (nSPS) is 14.8. The highest BCUT2D eigenvalue weighted by molar-refractivity contribution is 5.93. The average molecular weight is 305 g/mol. The van der Waals surface area contributed by atoms with E-state index < -0.39 is 25.0 Å². The number of hydrogen-bond acceptors (Lipinski definition) is 4. The smallest absolute Gasteiger partial charge is 0.354 e. The first-order chi connectivity index (χ1) is 9.83. The Balaban J connectivity index is 1.73. The third-order valence-corrected chi connectivity index (χ3v) is 2.77. The van der Waals surface area contributed by atoms with Crippen LogP contribution in [-0.2, 0) is 16.1 Å². The molecule has 1 aliphatic rings. The zero-order valence-electron chi connectivity index (χ0n) is 11.0. The Bertz CT molecular complexity index is 524. The van der Waals surface area contributed by atoms with Gasteiger partial charge in [-0.05, 0) is 12.8 Å². The number of carbonyl (C=O) groups is 2. The predicted octanol–water partition coefficient (Wildman–Crippen LogP) is 0.695. The molecule has 1 heterocycles. The van der Waals surface area contributed by atoms with Crippen molar-refractivity contribution < 1.29 is 22.8 Å². The molecule has 116 valence electrons. The predicted molar refractivity (Wildman–Crippen MR) is 65.1 cm³/mol. The van der Waals surface area contributed by atoms with Crippen molar-refractivity contribution in [2.24, 2.45) is 5.92 Å². The van der Waals surface area contributed by atoms with Crippen LogP contribution in [0, 0.1) is 5.92 Å². The van der Waals surface area contributed by atoms with E-state index in [0.29, 0.717) is 0 Å². The van der Waals surface area contributed by atoms with E-state index in [4.69, 9.17) is 0 Å². The molecule has 2 rings (SSSR count). The zero-order valence-corrected chi connectivity index (χ0v) is 11.0. The number of amides is 2. The molecule has 0 bridgehead atoms. The van der Waals surface area contributed by atoms with Crippen LogP contribution >= 0.6 is 0 Å². The lowest BCUT2D eigenvalue weighted by Crippen LogP contribution is -2.31. The molecule has 0 unspecified atom stereocenters. The lowest BCUT2D eigenvalue weighted by molar-refractivity contribution is -0.135. The van der Waals surface area contributed by atoms with Gasteiger partial charge in [0.25, 0.3) is 0 Å². The molecule has 0 spiro atoms. The molecule has 10 heteroatoms. The maximum absolute atomic E-state index is 11.9. The fourth-order valence-corrected chi connectivity index (χ4v) is 1.55. The Kier molecular flexibility index (Phi) is 4.43. The van der Waals surface area contributed by atoms with Crippen molar-refractivity contribution in [3.8, 4) is 0 Å². The van der Waals surface area contributed by atoms with Gasteiger partial charge in [-0.2, -0.15) is 13.2 Å². The highest BCUT2D eigenvalue weighted by Crippen LogP contribution is 2.29. The van der Waals surface area contributed by atoms with E-state index in [1.54, 1.807) is 0 Å². The summed E-state index contributed by atoms with van der Waals surface area (Å²) in [4.78, 5) is 22.9. The Hall–Kier alpha value is -2.13. The second-order valence-corrected chi connectivity index (χ2v) is 4.78. The van der Waals surface area contributed by atoms with Gasteiger partial charge in [-0.1, -0.05) is 5.21 Å². The minimum atomic E-state index is -4.30. The molecule has 1 aromatic rings. The van der Waals surface area contributed by atoms with Crippen molar-refractivity contribution >= 4 is 17.6 Å². The number of anilines is 1. The molecule has 21 heavy (non-hydrogen) atoms. The highest BCUT2D eigenvalue weighted by atomic mass is 19.4. The van der Waals surface area contributed by atoms with E-state index in [1.165, 1.54) is 6.20 Å². The molecule has 1 aliphatic carbocycles. The molecule has 0 aromatic carbocycles. The van der Waals surface area contributed by atoms with Gasteiger partial charge in [-0.15, -0.1) is 5.10 Å². The van der Waals surface area contributed by atoms with Crippen LogP contribution in [0.15, 0.2) is 6.20 Å². The summed E-state index contributed by atoms with van der Waals surface area (Å²) in [7, 11) is 0. The molecule has 1 saturated carbocycles. The van der Waals surface area contributed by atoms with Crippen LogP contribution in [0.5, 0.6) is 0 Å². The summed E-state index contributed by atoms with van der Waals surface area (Å²) >= 11 is 0. The molecule has 0 atom stereocenters. The van der Waals surface area contributed by atoms with E-state index in [-0.39, 0.29) is 24.2 Å². The molecule has 7 nitrogen and oxygen atoms in total. The molecular formula is C11H14F3N5O2. The van der Waals surface area contributed by atoms with Gasteiger partial charge in [0, 0.05) is 12.5 Å². The van der Waals surface area contributed by atoms with Crippen molar-refractivity contribution in [2.45, 2.75) is 32.0 Å². The summed E-state index contributed by atoms with van der Waals surface area (Å²) in [6.45, 7) is -0.744. The number of halogens is 3. The lowest BCUT2D eigenvalue weighted by Gasteiger charge is -2.07. The van der Waals surface area contributed by atoms with E-state index in [2.05, 4.69) is 20.9 Å². The van der Waals surface area contributed by atoms with E-state index in [1.807, 2.05) is 0 Å². The Labute approximate surface area is 117 Å². The maximum atomic E-state index is 11.9. The van der Waals surface area contributed by atoms with Crippen molar-refractivity contribution in [2.75, 3.05) is 11.9 Å². The van der Waals surface area contributed by atoms with Crippen molar-refractivity contribution in [1.82, 2.24) is 20.3 Å². The van der Waals surface area contributed by atoms with Crippen LogP contribution in [0.2, 0.25) is 0 Å². The molecule has 0 saturated heterocycles. The van der Waals surface area contributed by atoms with Crippen LogP contribution in [0.3, 0.4) is 0 Å². The highest BCUT2D eigenvalue weighted by Gasteiger charge is 2.30. The van der Waals surface area contributed by atoms with Gasteiger partial charge in [0.15, 0.2) is 5.82 Å². The first-order valence-electron chi connectivity index (χ1n) is 6.38. The van der Waals surface area contributed by atoms with E-state index in [9.17, 15) is 22.8 Å². The number of aromatic nitrogens is 3. The topological polar surface area (TPSA) is 88.9 Å². The third-order valence-electron chi connectivity index (χ3n) is 2.77. The SMILES string of the molecule is O=C(Cn1cc(NC(=O)C2CC2)nn1)NCCC(F)(F)F. The third kappa shape index (κ3) is 5.40. The van der Waals surface area contributed by atoms with Crippen LogP contribution in [-0.4, -0.2) is 39.5 Å². The maximum Gasteiger partial charge on any atom is 0.390 e. The minimum Gasteiger partial charge on any atom is -0.354 e. The van der Waals surface area contributed by atoms with Crippen LogP contribution in [0.4, 0.5) is 19.0 Å². The number of rotatable bonds is 6. The van der Waals surface area contributed by atoms with E-state index >= 15 is 0 Å². The first-order valence-corrected chi connectivity index (χ1v) is 6.38. The Morgan fingerprint density at radius 1 is 1.38 bits per heavy atom. The number of hydrogen-bond donors (Lipinski definition) is 2. The van der Waals surface area contributed by atoms with Gasteiger partial charge in [-0.25, -0.2) is 4.68 Å². The Morgan fingerprint density at radius 3 is 2.71 bits per heavy atom. The Morgan fingerprint density at radius 2 is 2.10 bits per heavy atom. The largest absolute Gasteiger partial charge is 0.390 e. The van der Waals surface area contributed by atoms with Gasteiger partial charge in [0.1, 0.15) is 6.54 Å². The monoisotopic (exact) mass is 305 g/mol. The summed E-state index contributed by atoms with van der Waals surface area (Å²) < 4.78 is 36.9. The zero-order chi connectivity index (χ0) is 15.5. The lowest BCUT2D eigenvalue weighted by atomic mass is 10.4. The van der Waals surface area contributed by atoms with Crippen LogP contribution < -0.4 is 10.6 Å². The summed E-state index contributed by atoms with van der Waals surface area (Å²) in [5.41, 5.74) is 0. The van der Waals surface area contributed by atoms with Gasteiger partial charge < -0.3 is 10.6 Å². The number of nitrogens with zero attached hydrogens (tertiary/aromatic N) is 3. The second kappa shape index (κ2) is 6.10. The van der Waals surface area contributed by atoms with Gasteiger partial charge in [0.2, 0.25) is 11.8 Å². The molecule has 2 amide bonds. The molecule has 0 aliphatic heterocycles.